The molecule has 2 unspecified atom stereocenters. The zero-order chi connectivity index (χ0) is 13.6. The molecule has 0 heterocycles. The van der Waals surface area contributed by atoms with Crippen molar-refractivity contribution in [2.24, 2.45) is 0 Å². The molecule has 0 aromatic carbocycles. The summed E-state index contributed by atoms with van der Waals surface area (Å²) >= 11 is 14.9. The molecule has 0 saturated carbocycles. The smallest absolute Gasteiger partial charge is 0.0847 e. The minimum Gasteiger partial charge on any atom is -0.382 e. The molecule has 0 bridgehead atoms. The maximum Gasteiger partial charge on any atom is 0.0847 e. The second-order valence-corrected chi connectivity index (χ2v) is 5.24. The molecule has 0 saturated heterocycles. The highest BCUT2D eigenvalue weighted by Gasteiger charge is 2.17. The summed E-state index contributed by atoms with van der Waals surface area (Å²) in [5, 5.41) is 0. The third-order valence-corrected chi connectivity index (χ3v) is 3.99. The fourth-order valence-electron chi connectivity index (χ4n) is 1.07. The van der Waals surface area contributed by atoms with Gasteiger partial charge in [0, 0.05) is 18.9 Å². The van der Waals surface area contributed by atoms with E-state index in [-0.39, 0.29) is 10.9 Å². The van der Waals surface area contributed by atoms with E-state index < -0.39 is 0 Å². The second-order valence-electron chi connectivity index (χ2n) is 3.45. The van der Waals surface area contributed by atoms with Gasteiger partial charge in [0.05, 0.1) is 50.6 Å². The van der Waals surface area contributed by atoms with Crippen LogP contribution >= 0.6 is 39.1 Å². The molecule has 0 aromatic rings. The molecule has 0 aromatic heterocycles. The molecule has 7 heteroatoms. The van der Waals surface area contributed by atoms with E-state index in [1.165, 1.54) is 0 Å². The third kappa shape index (κ3) is 10.8. The Kier molecular flexibility index (Phi) is 15.0. The highest BCUT2D eigenvalue weighted by Crippen LogP contribution is 2.12. The van der Waals surface area contributed by atoms with Gasteiger partial charge in [-0.05, 0) is 0 Å². The van der Waals surface area contributed by atoms with Crippen LogP contribution < -0.4 is 0 Å². The van der Waals surface area contributed by atoms with Crippen LogP contribution in [-0.2, 0) is 18.9 Å². The van der Waals surface area contributed by atoms with Crippen LogP contribution in [0, 0.1) is 0 Å². The van der Waals surface area contributed by atoms with Gasteiger partial charge >= 0.3 is 0 Å². The van der Waals surface area contributed by atoms with E-state index >= 15 is 0 Å². The summed E-state index contributed by atoms with van der Waals surface area (Å²) in [6.45, 7) is 3.31. The van der Waals surface area contributed by atoms with Crippen LogP contribution in [0.15, 0.2) is 0 Å². The van der Waals surface area contributed by atoms with Crippen LogP contribution in [-0.4, -0.2) is 69.4 Å². The van der Waals surface area contributed by atoms with Gasteiger partial charge < -0.3 is 18.9 Å². The lowest BCUT2D eigenvalue weighted by Gasteiger charge is -2.18. The van der Waals surface area contributed by atoms with Crippen molar-refractivity contribution in [3.05, 3.63) is 0 Å². The molecular weight excluding hydrogens is 347 g/mol. The monoisotopic (exact) mass is 366 g/mol. The van der Waals surface area contributed by atoms with E-state index in [1.54, 1.807) is 7.11 Å². The summed E-state index contributed by atoms with van der Waals surface area (Å²) in [4.78, 5) is 0.0639. The van der Waals surface area contributed by atoms with Crippen LogP contribution in [0.1, 0.15) is 0 Å². The molecule has 0 spiro atoms. The van der Waals surface area contributed by atoms with Crippen LogP contribution in [0.2, 0.25) is 0 Å². The van der Waals surface area contributed by atoms with Gasteiger partial charge in [0.25, 0.3) is 0 Å². The molecule has 0 fully saturated rings. The molecule has 0 aliphatic carbocycles. The molecule has 110 valence electrons. The molecule has 18 heavy (non-hydrogen) atoms. The Labute approximate surface area is 127 Å². The second kappa shape index (κ2) is 14.3. The first kappa shape index (κ1) is 18.9. The number of methoxy groups -OCH3 is 1. The standard InChI is InChI=1S/C11H21BrCl2O4/c1-15-2-3-16-4-5-17-6-7-18-11(9-14)10(12)8-13/h10-11H,2-9H2,1H3. The van der Waals surface area contributed by atoms with E-state index in [2.05, 4.69) is 15.9 Å². The maximum atomic E-state index is 5.77. The molecule has 0 rings (SSSR count). The van der Waals surface area contributed by atoms with E-state index in [0.29, 0.717) is 51.4 Å². The Morgan fingerprint density at radius 2 is 1.44 bits per heavy atom. The summed E-state index contributed by atoms with van der Waals surface area (Å²) in [7, 11) is 1.64. The van der Waals surface area contributed by atoms with Crippen molar-refractivity contribution in [2.75, 3.05) is 58.5 Å². The van der Waals surface area contributed by atoms with E-state index in [4.69, 9.17) is 42.1 Å². The maximum absolute atomic E-state index is 5.77. The lowest BCUT2D eigenvalue weighted by Crippen LogP contribution is -2.29. The number of hydrogen-bond donors (Lipinski definition) is 0. The first-order valence-corrected chi connectivity index (χ1v) is 7.76. The van der Waals surface area contributed by atoms with Gasteiger partial charge in [0.15, 0.2) is 0 Å². The van der Waals surface area contributed by atoms with Crippen LogP contribution in [0.4, 0.5) is 0 Å². The summed E-state index contributed by atoms with van der Waals surface area (Å²) in [6, 6.07) is 0. The van der Waals surface area contributed by atoms with E-state index in [1.807, 2.05) is 0 Å². The normalized spacial score (nSPS) is 14.7. The molecule has 0 amide bonds. The topological polar surface area (TPSA) is 36.9 Å². The molecule has 0 aliphatic rings. The predicted octanol–water partition coefficient (Wildman–Crippen LogP) is 2.29. The van der Waals surface area contributed by atoms with E-state index in [0.717, 1.165) is 0 Å². The number of ether oxygens (including phenoxy) is 4. The van der Waals surface area contributed by atoms with Crippen LogP contribution in [0.5, 0.6) is 0 Å². The number of rotatable bonds is 13. The average Bonchev–Trinajstić information content (AvgIpc) is 2.40. The zero-order valence-electron chi connectivity index (χ0n) is 10.6. The quantitative estimate of drug-likeness (QED) is 0.369. The van der Waals surface area contributed by atoms with Crippen LogP contribution in [0.25, 0.3) is 0 Å². The fourth-order valence-corrected chi connectivity index (χ4v) is 2.13. The van der Waals surface area contributed by atoms with Gasteiger partial charge in [0.2, 0.25) is 0 Å². The van der Waals surface area contributed by atoms with Crippen molar-refractivity contribution < 1.29 is 18.9 Å². The average molecular weight is 368 g/mol. The Morgan fingerprint density at radius 3 is 1.94 bits per heavy atom. The van der Waals surface area contributed by atoms with Crippen molar-refractivity contribution in [1.82, 2.24) is 0 Å². The molecular formula is C11H21BrCl2O4. The molecule has 0 N–H and O–H groups in total. The first-order valence-electron chi connectivity index (χ1n) is 5.78. The van der Waals surface area contributed by atoms with Gasteiger partial charge in [-0.1, -0.05) is 15.9 Å². The lowest BCUT2D eigenvalue weighted by molar-refractivity contribution is -0.0102. The predicted molar refractivity (Wildman–Crippen MR) is 77.4 cm³/mol. The third-order valence-electron chi connectivity index (χ3n) is 2.07. The van der Waals surface area contributed by atoms with Crippen molar-refractivity contribution in [2.45, 2.75) is 10.9 Å². The van der Waals surface area contributed by atoms with Gasteiger partial charge in [0.1, 0.15) is 0 Å². The number of alkyl halides is 3. The van der Waals surface area contributed by atoms with Gasteiger partial charge in [-0.3, -0.25) is 0 Å². The molecule has 2 atom stereocenters. The van der Waals surface area contributed by atoms with Gasteiger partial charge in [-0.2, -0.15) is 0 Å². The van der Waals surface area contributed by atoms with Crippen molar-refractivity contribution in [1.29, 1.82) is 0 Å². The minimum atomic E-state index is -0.0919. The lowest BCUT2D eigenvalue weighted by atomic mass is 10.3. The highest BCUT2D eigenvalue weighted by atomic mass is 79.9. The number of halogens is 3. The number of hydrogen-bond acceptors (Lipinski definition) is 4. The minimum absolute atomic E-state index is 0.0639. The summed E-state index contributed by atoms with van der Waals surface area (Å²) in [5.41, 5.74) is 0. The Bertz CT molecular complexity index is 177. The highest BCUT2D eigenvalue weighted by molar-refractivity contribution is 9.09. The summed E-state index contributed by atoms with van der Waals surface area (Å²) in [6.07, 6.45) is -0.0919. The van der Waals surface area contributed by atoms with E-state index in [9.17, 15) is 0 Å². The van der Waals surface area contributed by atoms with Gasteiger partial charge in [-0.25, -0.2) is 0 Å². The first-order chi connectivity index (χ1) is 8.76. The largest absolute Gasteiger partial charge is 0.382 e. The van der Waals surface area contributed by atoms with Crippen molar-refractivity contribution in [3.8, 4) is 0 Å². The molecule has 0 aliphatic heterocycles. The van der Waals surface area contributed by atoms with Crippen molar-refractivity contribution >= 4 is 39.1 Å². The Balaban J connectivity index is 3.28. The van der Waals surface area contributed by atoms with Crippen LogP contribution in [0.3, 0.4) is 0 Å². The molecule has 4 nitrogen and oxygen atoms in total. The Hall–Kier alpha value is 0.900. The molecule has 0 radical (unpaired) electrons. The fraction of sp³-hybridized carbons (Fsp3) is 1.00. The summed E-state index contributed by atoms with van der Waals surface area (Å²) < 4.78 is 21.0. The van der Waals surface area contributed by atoms with Crippen molar-refractivity contribution in [3.63, 3.8) is 0 Å². The summed E-state index contributed by atoms with van der Waals surface area (Å²) in [5.74, 6) is 0.869. The van der Waals surface area contributed by atoms with Gasteiger partial charge in [-0.15, -0.1) is 23.2 Å². The SMILES string of the molecule is COCCOCCOCCOC(CCl)C(Br)CCl. The Morgan fingerprint density at radius 1 is 0.889 bits per heavy atom. The zero-order valence-corrected chi connectivity index (χ0v) is 13.7.